The van der Waals surface area contributed by atoms with E-state index in [1.165, 1.54) is 4.88 Å². The first-order valence-electron chi connectivity index (χ1n) is 4.42. The molecule has 0 amide bonds. The summed E-state index contributed by atoms with van der Waals surface area (Å²) in [4.78, 5) is 1.29. The summed E-state index contributed by atoms with van der Waals surface area (Å²) >= 11 is 10.8. The summed E-state index contributed by atoms with van der Waals surface area (Å²) in [6.45, 7) is 1.54. The lowest BCUT2D eigenvalue weighted by Crippen LogP contribution is -2.10. The van der Waals surface area contributed by atoms with Gasteiger partial charge in [-0.1, -0.05) is 0 Å². The molecular formula is C10H9BrClNOS. The van der Waals surface area contributed by atoms with Crippen LogP contribution < -0.4 is 5.32 Å². The van der Waals surface area contributed by atoms with E-state index in [-0.39, 0.29) is 0 Å². The highest BCUT2D eigenvalue weighted by molar-refractivity contribution is 9.10. The van der Waals surface area contributed by atoms with Gasteiger partial charge in [-0.25, -0.2) is 0 Å². The van der Waals surface area contributed by atoms with Gasteiger partial charge in [0.05, 0.1) is 6.54 Å². The Labute approximate surface area is 105 Å². The molecule has 0 aliphatic heterocycles. The Kier molecular flexibility index (Phi) is 3.86. The van der Waals surface area contributed by atoms with E-state index in [9.17, 15) is 0 Å². The van der Waals surface area contributed by atoms with Gasteiger partial charge in [0.1, 0.15) is 5.76 Å². The molecule has 2 heterocycles. The molecule has 0 radical (unpaired) electrons. The van der Waals surface area contributed by atoms with Crippen molar-refractivity contribution in [2.75, 3.05) is 0 Å². The average molecular weight is 307 g/mol. The van der Waals surface area contributed by atoms with E-state index in [1.54, 1.807) is 17.4 Å². The second kappa shape index (κ2) is 5.16. The molecule has 0 aromatic carbocycles. The van der Waals surface area contributed by atoms with E-state index in [0.717, 1.165) is 16.8 Å². The standard InChI is InChI=1S/C10H9BrClNOS/c11-7-3-9(15-6-7)5-13-4-8-1-2-10(12)14-8/h1-3,6,13H,4-5H2. The molecule has 2 nitrogen and oxygen atoms in total. The molecule has 0 saturated heterocycles. The first-order valence-corrected chi connectivity index (χ1v) is 6.47. The molecule has 0 atom stereocenters. The van der Waals surface area contributed by atoms with E-state index in [0.29, 0.717) is 11.8 Å². The fourth-order valence-corrected chi connectivity index (χ4v) is 2.78. The lowest BCUT2D eigenvalue weighted by Gasteiger charge is -1.99. The maximum Gasteiger partial charge on any atom is 0.193 e. The third-order valence-electron chi connectivity index (χ3n) is 1.85. The van der Waals surface area contributed by atoms with Crippen molar-refractivity contribution in [3.05, 3.63) is 43.9 Å². The summed E-state index contributed by atoms with van der Waals surface area (Å²) in [5.41, 5.74) is 0. The SMILES string of the molecule is Clc1ccc(CNCc2cc(Br)cs2)o1. The Morgan fingerprint density at radius 1 is 1.40 bits per heavy atom. The molecule has 0 bridgehead atoms. The molecule has 1 N–H and O–H groups in total. The largest absolute Gasteiger partial charge is 0.448 e. The Morgan fingerprint density at radius 3 is 2.87 bits per heavy atom. The van der Waals surface area contributed by atoms with Gasteiger partial charge in [-0.05, 0) is 45.7 Å². The van der Waals surface area contributed by atoms with E-state index < -0.39 is 0 Å². The van der Waals surface area contributed by atoms with Gasteiger partial charge in [0.15, 0.2) is 5.22 Å². The number of thiophene rings is 1. The topological polar surface area (TPSA) is 25.2 Å². The normalized spacial score (nSPS) is 10.8. The van der Waals surface area contributed by atoms with Gasteiger partial charge in [-0.3, -0.25) is 0 Å². The zero-order valence-corrected chi connectivity index (χ0v) is 11.0. The van der Waals surface area contributed by atoms with Crippen LogP contribution in [-0.4, -0.2) is 0 Å². The Bertz CT molecular complexity index is 400. The average Bonchev–Trinajstić information content (AvgIpc) is 2.76. The van der Waals surface area contributed by atoms with E-state index in [1.807, 2.05) is 6.07 Å². The summed E-state index contributed by atoms with van der Waals surface area (Å²) in [6.07, 6.45) is 0. The summed E-state index contributed by atoms with van der Waals surface area (Å²) in [6, 6.07) is 5.73. The van der Waals surface area contributed by atoms with Crippen LogP contribution in [0.3, 0.4) is 0 Å². The zero-order valence-electron chi connectivity index (χ0n) is 7.80. The predicted octanol–water partition coefficient (Wildman–Crippen LogP) is 4.05. The molecule has 80 valence electrons. The number of furan rings is 1. The van der Waals surface area contributed by atoms with Gasteiger partial charge in [0.2, 0.25) is 0 Å². The minimum absolute atomic E-state index is 0.436. The predicted molar refractivity (Wildman–Crippen MR) is 66.3 cm³/mol. The van der Waals surface area contributed by atoms with Gasteiger partial charge in [-0.15, -0.1) is 11.3 Å². The fraction of sp³-hybridized carbons (Fsp3) is 0.200. The third kappa shape index (κ3) is 3.34. The summed E-state index contributed by atoms with van der Waals surface area (Å²) in [5, 5.41) is 5.79. The van der Waals surface area contributed by atoms with Crippen molar-refractivity contribution in [3.63, 3.8) is 0 Å². The Morgan fingerprint density at radius 2 is 2.27 bits per heavy atom. The zero-order chi connectivity index (χ0) is 10.7. The first kappa shape index (κ1) is 11.2. The van der Waals surface area contributed by atoms with E-state index >= 15 is 0 Å². The number of nitrogens with one attached hydrogen (secondary N) is 1. The van der Waals surface area contributed by atoms with Crippen LogP contribution in [0.25, 0.3) is 0 Å². The van der Waals surface area contributed by atoms with E-state index in [4.69, 9.17) is 16.0 Å². The monoisotopic (exact) mass is 305 g/mol. The van der Waals surface area contributed by atoms with Crippen molar-refractivity contribution in [3.8, 4) is 0 Å². The molecule has 2 aromatic heterocycles. The molecule has 15 heavy (non-hydrogen) atoms. The number of hydrogen-bond donors (Lipinski definition) is 1. The fourth-order valence-electron chi connectivity index (χ4n) is 1.20. The Hall–Kier alpha value is -0.290. The molecule has 0 unspecified atom stereocenters. The van der Waals surface area contributed by atoms with Gasteiger partial charge >= 0.3 is 0 Å². The minimum Gasteiger partial charge on any atom is -0.448 e. The van der Waals surface area contributed by atoms with Gasteiger partial charge < -0.3 is 9.73 Å². The molecule has 2 aromatic rings. The van der Waals surface area contributed by atoms with Crippen molar-refractivity contribution < 1.29 is 4.42 Å². The number of hydrogen-bond acceptors (Lipinski definition) is 3. The molecule has 0 fully saturated rings. The maximum atomic E-state index is 5.66. The molecular weight excluding hydrogens is 298 g/mol. The summed E-state index contributed by atoms with van der Waals surface area (Å²) in [7, 11) is 0. The van der Waals surface area contributed by atoms with Gasteiger partial charge in [-0.2, -0.15) is 0 Å². The number of halogens is 2. The molecule has 0 saturated carbocycles. The third-order valence-corrected chi connectivity index (χ3v) is 3.75. The van der Waals surface area contributed by atoms with Crippen LogP contribution in [0.5, 0.6) is 0 Å². The smallest absolute Gasteiger partial charge is 0.193 e. The first-order chi connectivity index (χ1) is 7.24. The lowest BCUT2D eigenvalue weighted by molar-refractivity contribution is 0.485. The summed E-state index contributed by atoms with van der Waals surface area (Å²) < 4.78 is 6.35. The van der Waals surface area contributed by atoms with Crippen molar-refractivity contribution in [1.29, 1.82) is 0 Å². The lowest BCUT2D eigenvalue weighted by atomic mass is 10.4. The van der Waals surface area contributed by atoms with Crippen LogP contribution in [0.1, 0.15) is 10.6 Å². The Balaban J connectivity index is 1.80. The van der Waals surface area contributed by atoms with Gasteiger partial charge in [0, 0.05) is 21.3 Å². The van der Waals surface area contributed by atoms with E-state index in [2.05, 4.69) is 32.7 Å². The highest BCUT2D eigenvalue weighted by Gasteiger charge is 2.00. The maximum absolute atomic E-state index is 5.66. The van der Waals surface area contributed by atoms with Crippen molar-refractivity contribution >= 4 is 38.9 Å². The van der Waals surface area contributed by atoms with Crippen LogP contribution in [0.4, 0.5) is 0 Å². The van der Waals surface area contributed by atoms with Crippen LogP contribution in [-0.2, 0) is 13.1 Å². The molecule has 0 aliphatic rings. The summed E-state index contributed by atoms with van der Waals surface area (Å²) in [5.74, 6) is 0.857. The quantitative estimate of drug-likeness (QED) is 0.922. The van der Waals surface area contributed by atoms with Crippen LogP contribution in [0.15, 0.2) is 32.5 Å². The van der Waals surface area contributed by atoms with Crippen molar-refractivity contribution in [2.24, 2.45) is 0 Å². The van der Waals surface area contributed by atoms with Crippen LogP contribution >= 0.6 is 38.9 Å². The van der Waals surface area contributed by atoms with Crippen LogP contribution in [0.2, 0.25) is 5.22 Å². The molecule has 0 spiro atoms. The second-order valence-corrected chi connectivity index (χ2v) is 5.32. The van der Waals surface area contributed by atoms with Crippen LogP contribution in [0, 0.1) is 0 Å². The second-order valence-electron chi connectivity index (χ2n) is 3.04. The molecule has 2 rings (SSSR count). The molecule has 5 heteroatoms. The highest BCUT2D eigenvalue weighted by atomic mass is 79.9. The van der Waals surface area contributed by atoms with Crippen molar-refractivity contribution in [2.45, 2.75) is 13.1 Å². The van der Waals surface area contributed by atoms with Crippen molar-refractivity contribution in [1.82, 2.24) is 5.32 Å². The number of rotatable bonds is 4. The minimum atomic E-state index is 0.436. The highest BCUT2D eigenvalue weighted by Crippen LogP contribution is 2.19. The molecule has 0 aliphatic carbocycles. The van der Waals surface area contributed by atoms with Gasteiger partial charge in [0.25, 0.3) is 0 Å².